The van der Waals surface area contributed by atoms with Gasteiger partial charge in [-0.1, -0.05) is 11.6 Å². The third kappa shape index (κ3) is 3.84. The lowest BCUT2D eigenvalue weighted by molar-refractivity contribution is 0.0927. The Labute approximate surface area is 161 Å². The van der Waals surface area contributed by atoms with Gasteiger partial charge >= 0.3 is 0 Å². The van der Waals surface area contributed by atoms with Gasteiger partial charge < -0.3 is 10.6 Å². The molecule has 1 fully saturated rings. The fourth-order valence-corrected chi connectivity index (χ4v) is 4.31. The highest BCUT2D eigenvalue weighted by Crippen LogP contribution is 2.28. The maximum Gasteiger partial charge on any atom is 0.252 e. The van der Waals surface area contributed by atoms with Gasteiger partial charge in [0.2, 0.25) is 0 Å². The minimum Gasteiger partial charge on any atom is -0.382 e. The average molecular weight is 386 g/mol. The van der Waals surface area contributed by atoms with Crippen LogP contribution in [0.5, 0.6) is 0 Å². The van der Waals surface area contributed by atoms with Gasteiger partial charge in [-0.3, -0.25) is 9.78 Å². The maximum atomic E-state index is 12.2. The molecule has 4 nitrogen and oxygen atoms in total. The molecular weight excluding hydrogens is 366 g/mol. The summed E-state index contributed by atoms with van der Waals surface area (Å²) in [4.78, 5) is 16.6. The number of pyridine rings is 1. The van der Waals surface area contributed by atoms with Crippen LogP contribution >= 0.6 is 22.9 Å². The Morgan fingerprint density at radius 1 is 1.12 bits per heavy atom. The van der Waals surface area contributed by atoms with E-state index in [1.54, 1.807) is 11.3 Å². The lowest BCUT2D eigenvalue weighted by atomic mass is 9.90. The summed E-state index contributed by atoms with van der Waals surface area (Å²) in [5.41, 5.74) is 2.76. The minimum absolute atomic E-state index is 0.0414. The summed E-state index contributed by atoms with van der Waals surface area (Å²) in [7, 11) is 0. The van der Waals surface area contributed by atoms with Crippen molar-refractivity contribution in [3.8, 4) is 0 Å². The molecule has 1 aliphatic carbocycles. The second-order valence-corrected chi connectivity index (χ2v) is 7.91. The van der Waals surface area contributed by atoms with E-state index in [0.717, 1.165) is 47.8 Å². The Kier molecular flexibility index (Phi) is 5.09. The molecule has 134 valence electrons. The number of fused-ring (bicyclic) bond motifs is 1. The first kappa shape index (κ1) is 17.3. The highest BCUT2D eigenvalue weighted by Gasteiger charge is 2.23. The van der Waals surface area contributed by atoms with Crippen LogP contribution in [0.3, 0.4) is 0 Å². The highest BCUT2D eigenvalue weighted by molar-refractivity contribution is 7.08. The van der Waals surface area contributed by atoms with Crippen LogP contribution in [0.2, 0.25) is 5.02 Å². The number of carbonyl (C=O) groups excluding carboxylic acids is 1. The molecule has 0 spiro atoms. The Hall–Kier alpha value is -2.11. The summed E-state index contributed by atoms with van der Waals surface area (Å²) in [6.45, 7) is 0. The molecule has 1 amide bonds. The summed E-state index contributed by atoms with van der Waals surface area (Å²) < 4.78 is 0. The van der Waals surface area contributed by atoms with E-state index >= 15 is 0 Å². The van der Waals surface area contributed by atoms with Crippen LogP contribution < -0.4 is 10.6 Å². The van der Waals surface area contributed by atoms with E-state index in [4.69, 9.17) is 11.6 Å². The van der Waals surface area contributed by atoms with Crippen molar-refractivity contribution in [3.63, 3.8) is 0 Å². The Bertz CT molecular complexity index is 905. The molecule has 4 rings (SSSR count). The summed E-state index contributed by atoms with van der Waals surface area (Å²) in [6, 6.07) is 10.3. The van der Waals surface area contributed by atoms with E-state index in [1.807, 2.05) is 47.3 Å². The van der Waals surface area contributed by atoms with E-state index < -0.39 is 0 Å². The number of halogens is 1. The van der Waals surface area contributed by atoms with E-state index in [1.165, 1.54) is 0 Å². The molecule has 1 aromatic carbocycles. The molecule has 0 bridgehead atoms. The number of anilines is 1. The molecule has 0 radical (unpaired) electrons. The van der Waals surface area contributed by atoms with E-state index in [2.05, 4.69) is 15.6 Å². The zero-order chi connectivity index (χ0) is 17.9. The standard InChI is InChI=1S/C20H20ClN3OS/c21-14-1-6-17-18(7-9-22-19(17)11-14)23-15-2-4-16(5-3-15)24-20(25)13-8-10-26-12-13/h1,6-12,15-16H,2-5H2,(H,22,23)(H,24,25). The largest absolute Gasteiger partial charge is 0.382 e. The number of amides is 1. The maximum absolute atomic E-state index is 12.2. The number of aromatic nitrogens is 1. The second kappa shape index (κ2) is 7.64. The molecule has 0 saturated heterocycles. The van der Waals surface area contributed by atoms with Crippen molar-refractivity contribution in [2.24, 2.45) is 0 Å². The number of thiophene rings is 1. The first-order valence-corrected chi connectivity index (χ1v) is 10.1. The smallest absolute Gasteiger partial charge is 0.252 e. The fraction of sp³-hybridized carbons (Fsp3) is 0.300. The van der Waals surface area contributed by atoms with Crippen LogP contribution in [-0.2, 0) is 0 Å². The monoisotopic (exact) mass is 385 g/mol. The van der Waals surface area contributed by atoms with Gasteiger partial charge in [-0.05, 0) is 61.4 Å². The number of benzene rings is 1. The molecule has 1 aliphatic rings. The van der Waals surface area contributed by atoms with Crippen LogP contribution in [0.4, 0.5) is 5.69 Å². The predicted molar refractivity (Wildman–Crippen MR) is 108 cm³/mol. The quantitative estimate of drug-likeness (QED) is 0.656. The lowest BCUT2D eigenvalue weighted by Crippen LogP contribution is -2.40. The van der Waals surface area contributed by atoms with Crippen LogP contribution in [0.1, 0.15) is 36.0 Å². The van der Waals surface area contributed by atoms with Gasteiger partial charge in [-0.15, -0.1) is 0 Å². The Balaban J connectivity index is 1.36. The lowest BCUT2D eigenvalue weighted by Gasteiger charge is -2.30. The molecule has 0 unspecified atom stereocenters. The van der Waals surface area contributed by atoms with E-state index in [9.17, 15) is 4.79 Å². The molecule has 26 heavy (non-hydrogen) atoms. The van der Waals surface area contributed by atoms with Gasteiger partial charge in [0, 0.05) is 45.3 Å². The van der Waals surface area contributed by atoms with Gasteiger partial charge in [0.15, 0.2) is 0 Å². The predicted octanol–water partition coefficient (Wildman–Crippen LogP) is 5.10. The van der Waals surface area contributed by atoms with Gasteiger partial charge in [-0.2, -0.15) is 11.3 Å². The topological polar surface area (TPSA) is 54.0 Å². The zero-order valence-corrected chi connectivity index (χ0v) is 15.8. The van der Waals surface area contributed by atoms with Crippen molar-refractivity contribution in [1.29, 1.82) is 0 Å². The number of carbonyl (C=O) groups is 1. The van der Waals surface area contributed by atoms with E-state index in [-0.39, 0.29) is 11.9 Å². The first-order valence-electron chi connectivity index (χ1n) is 8.83. The summed E-state index contributed by atoms with van der Waals surface area (Å²) in [5, 5.41) is 12.4. The third-order valence-corrected chi connectivity index (χ3v) is 5.83. The van der Waals surface area contributed by atoms with Crippen molar-refractivity contribution < 1.29 is 4.79 Å². The van der Waals surface area contributed by atoms with Gasteiger partial charge in [0.05, 0.1) is 5.52 Å². The molecular formula is C20H20ClN3OS. The molecule has 3 aromatic rings. The number of hydrogen-bond donors (Lipinski definition) is 2. The van der Waals surface area contributed by atoms with Crippen molar-refractivity contribution in [2.75, 3.05) is 5.32 Å². The summed E-state index contributed by atoms with van der Waals surface area (Å²) in [5.74, 6) is 0.0414. The number of nitrogens with one attached hydrogen (secondary N) is 2. The van der Waals surface area contributed by atoms with Gasteiger partial charge in [-0.25, -0.2) is 0 Å². The SMILES string of the molecule is O=C(NC1CCC(Nc2ccnc3cc(Cl)ccc23)CC1)c1ccsc1. The molecule has 2 N–H and O–H groups in total. The van der Waals surface area contributed by atoms with E-state index in [0.29, 0.717) is 11.1 Å². The van der Waals surface area contributed by atoms with Gasteiger partial charge in [0.1, 0.15) is 0 Å². The van der Waals surface area contributed by atoms with Gasteiger partial charge in [0.25, 0.3) is 5.91 Å². The Morgan fingerprint density at radius 2 is 1.92 bits per heavy atom. The molecule has 1 saturated carbocycles. The minimum atomic E-state index is 0.0414. The second-order valence-electron chi connectivity index (χ2n) is 6.70. The number of hydrogen-bond acceptors (Lipinski definition) is 4. The van der Waals surface area contributed by atoms with Crippen molar-refractivity contribution in [3.05, 3.63) is 57.9 Å². The molecule has 2 aromatic heterocycles. The first-order chi connectivity index (χ1) is 12.7. The molecule has 0 atom stereocenters. The Morgan fingerprint density at radius 3 is 2.69 bits per heavy atom. The number of rotatable bonds is 4. The normalized spacial score (nSPS) is 20.0. The van der Waals surface area contributed by atoms with Crippen LogP contribution in [0, 0.1) is 0 Å². The van der Waals surface area contributed by atoms with Crippen molar-refractivity contribution in [1.82, 2.24) is 10.3 Å². The van der Waals surface area contributed by atoms with Crippen LogP contribution in [0.15, 0.2) is 47.3 Å². The average Bonchev–Trinajstić information content (AvgIpc) is 3.18. The van der Waals surface area contributed by atoms with Crippen LogP contribution in [-0.4, -0.2) is 23.0 Å². The number of nitrogens with zero attached hydrogens (tertiary/aromatic N) is 1. The zero-order valence-electron chi connectivity index (χ0n) is 14.2. The van der Waals surface area contributed by atoms with Crippen LogP contribution in [0.25, 0.3) is 10.9 Å². The summed E-state index contributed by atoms with van der Waals surface area (Å²) >= 11 is 7.61. The van der Waals surface area contributed by atoms with Crippen molar-refractivity contribution >= 4 is 45.4 Å². The molecule has 6 heteroatoms. The highest BCUT2D eigenvalue weighted by atomic mass is 35.5. The fourth-order valence-electron chi connectivity index (χ4n) is 3.51. The molecule has 2 heterocycles. The van der Waals surface area contributed by atoms with Crippen molar-refractivity contribution in [2.45, 2.75) is 37.8 Å². The molecule has 0 aliphatic heterocycles. The summed E-state index contributed by atoms with van der Waals surface area (Å²) in [6.07, 6.45) is 5.86. The third-order valence-electron chi connectivity index (χ3n) is 4.91.